The SMILES string of the molecule is CN(CC1CCCCC1O)C(=O)C1CCc2cn[nH]c2C1. The molecule has 1 fully saturated rings. The first-order valence-corrected chi connectivity index (χ1v) is 8.09. The average molecular weight is 291 g/mol. The number of aliphatic hydroxyl groups excluding tert-OH is 1. The third-order valence-corrected chi connectivity index (χ3v) is 5.12. The van der Waals surface area contributed by atoms with Crippen LogP contribution in [0.15, 0.2) is 6.20 Å². The molecule has 5 heteroatoms. The molecule has 0 radical (unpaired) electrons. The summed E-state index contributed by atoms with van der Waals surface area (Å²) in [5, 5.41) is 17.1. The summed E-state index contributed by atoms with van der Waals surface area (Å²) in [4.78, 5) is 14.5. The maximum atomic E-state index is 12.6. The molecule has 21 heavy (non-hydrogen) atoms. The number of carbonyl (C=O) groups is 1. The fourth-order valence-electron chi connectivity index (χ4n) is 3.77. The first kappa shape index (κ1) is 14.6. The first-order valence-electron chi connectivity index (χ1n) is 8.09. The minimum atomic E-state index is -0.237. The van der Waals surface area contributed by atoms with Gasteiger partial charge < -0.3 is 10.0 Å². The third kappa shape index (κ3) is 3.12. The monoisotopic (exact) mass is 291 g/mol. The lowest BCUT2D eigenvalue weighted by molar-refractivity contribution is -0.135. The number of amides is 1. The van der Waals surface area contributed by atoms with Crippen molar-refractivity contribution in [2.24, 2.45) is 11.8 Å². The molecular weight excluding hydrogens is 266 g/mol. The minimum absolute atomic E-state index is 0.0590. The number of carbonyl (C=O) groups excluding carboxylic acids is 1. The Morgan fingerprint density at radius 2 is 2.24 bits per heavy atom. The van der Waals surface area contributed by atoms with Crippen LogP contribution in [0, 0.1) is 11.8 Å². The predicted molar refractivity (Wildman–Crippen MR) is 79.7 cm³/mol. The van der Waals surface area contributed by atoms with E-state index in [0.29, 0.717) is 6.54 Å². The van der Waals surface area contributed by atoms with Crippen LogP contribution in [0.3, 0.4) is 0 Å². The molecule has 1 saturated carbocycles. The Kier molecular flexibility index (Phi) is 4.29. The predicted octanol–water partition coefficient (Wildman–Crippen LogP) is 1.52. The number of nitrogens with zero attached hydrogens (tertiary/aromatic N) is 2. The highest BCUT2D eigenvalue weighted by molar-refractivity contribution is 5.79. The van der Waals surface area contributed by atoms with E-state index in [0.717, 1.165) is 44.2 Å². The van der Waals surface area contributed by atoms with Gasteiger partial charge in [0.15, 0.2) is 0 Å². The van der Waals surface area contributed by atoms with Crippen molar-refractivity contribution in [1.29, 1.82) is 0 Å². The van der Waals surface area contributed by atoms with Crippen molar-refractivity contribution in [1.82, 2.24) is 15.1 Å². The Labute approximate surface area is 125 Å². The number of hydrogen-bond donors (Lipinski definition) is 2. The van der Waals surface area contributed by atoms with Gasteiger partial charge in [0.2, 0.25) is 5.91 Å². The molecule has 3 rings (SSSR count). The molecule has 3 atom stereocenters. The van der Waals surface area contributed by atoms with Crippen LogP contribution < -0.4 is 0 Å². The summed E-state index contributed by atoms with van der Waals surface area (Å²) < 4.78 is 0. The van der Waals surface area contributed by atoms with Gasteiger partial charge in [0.05, 0.1) is 12.3 Å². The molecule has 0 aliphatic heterocycles. The summed E-state index contributed by atoms with van der Waals surface area (Å²) in [6, 6.07) is 0. The van der Waals surface area contributed by atoms with E-state index in [9.17, 15) is 9.90 Å². The number of hydrogen-bond acceptors (Lipinski definition) is 3. The topological polar surface area (TPSA) is 69.2 Å². The summed E-state index contributed by atoms with van der Waals surface area (Å²) in [5.74, 6) is 0.524. The number of nitrogens with one attached hydrogen (secondary N) is 1. The largest absolute Gasteiger partial charge is 0.393 e. The van der Waals surface area contributed by atoms with E-state index in [1.165, 1.54) is 12.0 Å². The highest BCUT2D eigenvalue weighted by atomic mass is 16.3. The van der Waals surface area contributed by atoms with Crippen molar-refractivity contribution in [3.05, 3.63) is 17.5 Å². The van der Waals surface area contributed by atoms with Crippen molar-refractivity contribution in [2.75, 3.05) is 13.6 Å². The minimum Gasteiger partial charge on any atom is -0.393 e. The summed E-state index contributed by atoms with van der Waals surface area (Å²) in [5.41, 5.74) is 2.37. The molecule has 3 unspecified atom stereocenters. The lowest BCUT2D eigenvalue weighted by atomic mass is 9.85. The molecule has 1 aromatic rings. The van der Waals surface area contributed by atoms with Crippen molar-refractivity contribution in [2.45, 2.75) is 51.0 Å². The van der Waals surface area contributed by atoms with Gasteiger partial charge in [-0.2, -0.15) is 5.10 Å². The van der Waals surface area contributed by atoms with Gasteiger partial charge in [0.1, 0.15) is 0 Å². The van der Waals surface area contributed by atoms with Crippen molar-refractivity contribution < 1.29 is 9.90 Å². The summed E-state index contributed by atoms with van der Waals surface area (Å²) in [6.07, 6.45) is 8.45. The molecule has 0 aromatic carbocycles. The zero-order valence-electron chi connectivity index (χ0n) is 12.7. The third-order valence-electron chi connectivity index (χ3n) is 5.12. The van der Waals surface area contributed by atoms with E-state index in [1.54, 1.807) is 0 Å². The van der Waals surface area contributed by atoms with E-state index in [-0.39, 0.29) is 23.8 Å². The van der Waals surface area contributed by atoms with Gasteiger partial charge in [-0.05, 0) is 31.2 Å². The number of aromatic amines is 1. The van der Waals surface area contributed by atoms with Gasteiger partial charge in [0.25, 0.3) is 0 Å². The van der Waals surface area contributed by atoms with Crippen LogP contribution >= 0.6 is 0 Å². The number of H-pyrrole nitrogens is 1. The molecule has 2 N–H and O–H groups in total. The molecule has 0 spiro atoms. The quantitative estimate of drug-likeness (QED) is 0.887. The fraction of sp³-hybridized carbons (Fsp3) is 0.750. The average Bonchev–Trinajstić information content (AvgIpc) is 2.96. The zero-order chi connectivity index (χ0) is 14.8. The highest BCUT2D eigenvalue weighted by Gasteiger charge is 2.31. The van der Waals surface area contributed by atoms with Gasteiger partial charge in [0, 0.05) is 37.5 Å². The van der Waals surface area contributed by atoms with E-state index in [4.69, 9.17) is 0 Å². The molecule has 1 aromatic heterocycles. The number of rotatable bonds is 3. The Balaban J connectivity index is 1.57. The summed E-state index contributed by atoms with van der Waals surface area (Å²) in [7, 11) is 1.88. The van der Waals surface area contributed by atoms with E-state index in [1.807, 2.05) is 18.1 Å². The van der Waals surface area contributed by atoms with Gasteiger partial charge in [-0.25, -0.2) is 0 Å². The van der Waals surface area contributed by atoms with Crippen LogP contribution in [0.4, 0.5) is 0 Å². The highest BCUT2D eigenvalue weighted by Crippen LogP contribution is 2.28. The molecule has 116 valence electrons. The van der Waals surface area contributed by atoms with Crippen LogP contribution in [-0.2, 0) is 17.6 Å². The molecule has 0 bridgehead atoms. The van der Waals surface area contributed by atoms with Gasteiger partial charge in [-0.1, -0.05) is 12.8 Å². The smallest absolute Gasteiger partial charge is 0.225 e. The Hall–Kier alpha value is -1.36. The maximum Gasteiger partial charge on any atom is 0.225 e. The second-order valence-electron chi connectivity index (χ2n) is 6.64. The van der Waals surface area contributed by atoms with E-state index < -0.39 is 0 Å². The van der Waals surface area contributed by atoms with E-state index in [2.05, 4.69) is 10.2 Å². The normalized spacial score (nSPS) is 29.0. The molecule has 2 aliphatic carbocycles. The van der Waals surface area contributed by atoms with Crippen molar-refractivity contribution in [3.8, 4) is 0 Å². The van der Waals surface area contributed by atoms with Gasteiger partial charge in [-0.15, -0.1) is 0 Å². The van der Waals surface area contributed by atoms with Gasteiger partial charge >= 0.3 is 0 Å². The molecule has 5 nitrogen and oxygen atoms in total. The van der Waals surface area contributed by atoms with Crippen LogP contribution in [0.25, 0.3) is 0 Å². The Morgan fingerprint density at radius 1 is 1.43 bits per heavy atom. The molecule has 1 heterocycles. The maximum absolute atomic E-state index is 12.6. The second-order valence-corrected chi connectivity index (χ2v) is 6.64. The first-order chi connectivity index (χ1) is 10.1. The Bertz CT molecular complexity index is 499. The van der Waals surface area contributed by atoms with Crippen LogP contribution in [0.1, 0.15) is 43.4 Å². The lowest BCUT2D eigenvalue weighted by Gasteiger charge is -2.33. The molecule has 1 amide bonds. The molecule has 2 aliphatic rings. The summed E-state index contributed by atoms with van der Waals surface area (Å²) >= 11 is 0. The van der Waals surface area contributed by atoms with Crippen molar-refractivity contribution in [3.63, 3.8) is 0 Å². The summed E-state index contributed by atoms with van der Waals surface area (Å²) in [6.45, 7) is 0.687. The number of aromatic nitrogens is 2. The van der Waals surface area contributed by atoms with Gasteiger partial charge in [-0.3, -0.25) is 9.89 Å². The van der Waals surface area contributed by atoms with Crippen LogP contribution in [-0.4, -0.2) is 45.8 Å². The number of fused-ring (bicyclic) bond motifs is 1. The molecular formula is C16H25N3O2. The Morgan fingerprint density at radius 3 is 3.05 bits per heavy atom. The number of aryl methyl sites for hydroxylation is 1. The van der Waals surface area contributed by atoms with Crippen LogP contribution in [0.5, 0.6) is 0 Å². The van der Waals surface area contributed by atoms with Crippen LogP contribution in [0.2, 0.25) is 0 Å². The molecule has 0 saturated heterocycles. The second kappa shape index (κ2) is 6.18. The fourth-order valence-corrected chi connectivity index (χ4v) is 3.77. The van der Waals surface area contributed by atoms with Crippen molar-refractivity contribution >= 4 is 5.91 Å². The lowest BCUT2D eigenvalue weighted by Crippen LogP contribution is -2.41. The number of aliphatic hydroxyl groups is 1. The zero-order valence-corrected chi connectivity index (χ0v) is 12.7. The van der Waals surface area contributed by atoms with E-state index >= 15 is 0 Å². The standard InChI is InChI=1S/C16H25N3O2/c1-19(10-13-4-2-3-5-15(13)20)16(21)11-6-7-12-9-17-18-14(12)8-11/h9,11,13,15,20H,2-8,10H2,1H3,(H,17,18).